The second kappa shape index (κ2) is 5.68. The number of aromatic nitrogens is 1. The summed E-state index contributed by atoms with van der Waals surface area (Å²) in [6.07, 6.45) is 0. The molecule has 0 aromatic carbocycles. The molecule has 1 heterocycles. The van der Waals surface area contributed by atoms with Gasteiger partial charge in [0, 0.05) is 16.8 Å². The van der Waals surface area contributed by atoms with Crippen LogP contribution in [0.1, 0.15) is 5.69 Å². The Bertz CT molecular complexity index is 447. The van der Waals surface area contributed by atoms with Crippen molar-refractivity contribution in [3.05, 3.63) is 23.3 Å². The number of nitrogens with zero attached hydrogens (tertiary/aromatic N) is 2. The molecule has 16 heavy (non-hydrogen) atoms. The number of thioether (sulfide) groups is 1. The first-order chi connectivity index (χ1) is 7.54. The molecule has 1 rings (SSSR count). The lowest BCUT2D eigenvalue weighted by atomic mass is 10.1. The Balaban J connectivity index is 2.53. The van der Waals surface area contributed by atoms with Crippen LogP contribution in [-0.2, 0) is 4.79 Å². The van der Waals surface area contributed by atoms with Crippen LogP contribution in [0.15, 0.2) is 22.0 Å². The van der Waals surface area contributed by atoms with Crippen molar-refractivity contribution in [1.29, 1.82) is 5.26 Å². The van der Waals surface area contributed by atoms with E-state index in [9.17, 15) is 4.79 Å². The summed E-state index contributed by atoms with van der Waals surface area (Å²) in [5.74, 6) is -0.942. The fraction of sp³-hybridized carbons (Fsp3) is 0.300. The van der Waals surface area contributed by atoms with Gasteiger partial charge in [0.2, 0.25) is 0 Å². The Morgan fingerprint density at radius 1 is 1.88 bits per heavy atom. The molecule has 1 aromatic heterocycles. The molecule has 84 valence electrons. The smallest absolute Gasteiger partial charge is 0.166 e. The number of Topliss-reactive ketones (excluding diaryl/α,β-unsaturated/α-hetero) is 1. The average Bonchev–Trinajstić information content (AvgIpc) is 2.62. The molecule has 0 fully saturated rings. The van der Waals surface area contributed by atoms with Gasteiger partial charge in [0.05, 0.1) is 11.8 Å². The van der Waals surface area contributed by atoms with E-state index in [0.29, 0.717) is 0 Å². The molecule has 0 aliphatic carbocycles. The van der Waals surface area contributed by atoms with Crippen molar-refractivity contribution in [2.45, 2.75) is 11.3 Å². The molecule has 0 saturated carbocycles. The highest BCUT2D eigenvalue weighted by atomic mass is 32.2. The number of nitriles is 1. The molecular weight excluding hydrogens is 242 g/mol. The Kier molecular flexibility index (Phi) is 4.52. The summed E-state index contributed by atoms with van der Waals surface area (Å²) in [6, 6.07) is 1.84. The SMILES string of the molecule is C=C(N)[C@@H](C#N)C(=O)CSc1nc(C)cs1. The van der Waals surface area contributed by atoms with Gasteiger partial charge < -0.3 is 5.73 Å². The number of hydrogen-bond acceptors (Lipinski definition) is 6. The van der Waals surface area contributed by atoms with E-state index in [0.717, 1.165) is 10.0 Å². The van der Waals surface area contributed by atoms with Gasteiger partial charge in [0.15, 0.2) is 10.1 Å². The Morgan fingerprint density at radius 3 is 3.00 bits per heavy atom. The zero-order valence-corrected chi connectivity index (χ0v) is 10.4. The third-order valence-electron chi connectivity index (χ3n) is 1.76. The summed E-state index contributed by atoms with van der Waals surface area (Å²) < 4.78 is 0.824. The van der Waals surface area contributed by atoms with Gasteiger partial charge in [-0.1, -0.05) is 18.3 Å². The summed E-state index contributed by atoms with van der Waals surface area (Å²) in [4.78, 5) is 15.8. The van der Waals surface area contributed by atoms with Gasteiger partial charge in [-0.05, 0) is 6.92 Å². The van der Waals surface area contributed by atoms with Crippen LogP contribution in [-0.4, -0.2) is 16.5 Å². The molecule has 1 aromatic rings. The van der Waals surface area contributed by atoms with Crippen molar-refractivity contribution in [3.63, 3.8) is 0 Å². The van der Waals surface area contributed by atoms with Crippen LogP contribution in [0.3, 0.4) is 0 Å². The molecule has 0 bridgehead atoms. The molecule has 0 amide bonds. The highest BCUT2D eigenvalue weighted by molar-refractivity contribution is 8.01. The maximum Gasteiger partial charge on any atom is 0.166 e. The third kappa shape index (κ3) is 3.36. The zero-order chi connectivity index (χ0) is 12.1. The van der Waals surface area contributed by atoms with Crippen LogP contribution < -0.4 is 5.73 Å². The van der Waals surface area contributed by atoms with Crippen LogP contribution in [0, 0.1) is 24.2 Å². The molecule has 6 heteroatoms. The fourth-order valence-corrected chi connectivity index (χ4v) is 2.73. The van der Waals surface area contributed by atoms with Crippen molar-refractivity contribution in [2.24, 2.45) is 11.7 Å². The Labute approximate surface area is 102 Å². The van der Waals surface area contributed by atoms with E-state index in [1.165, 1.54) is 23.1 Å². The van der Waals surface area contributed by atoms with Gasteiger partial charge in [0.1, 0.15) is 5.92 Å². The van der Waals surface area contributed by atoms with Crippen LogP contribution >= 0.6 is 23.1 Å². The van der Waals surface area contributed by atoms with E-state index in [-0.39, 0.29) is 17.2 Å². The molecule has 1 atom stereocenters. The van der Waals surface area contributed by atoms with Gasteiger partial charge in [-0.25, -0.2) is 4.98 Å². The van der Waals surface area contributed by atoms with E-state index in [4.69, 9.17) is 11.0 Å². The number of hydrogen-bond donors (Lipinski definition) is 1. The standard InChI is InChI=1S/C10H11N3OS2/c1-6-4-15-10(13-6)16-5-9(14)8(3-11)7(2)12/h4,8H,2,5,12H2,1H3/t8-/m1/s1. The number of carbonyl (C=O) groups excluding carboxylic acids is 1. The molecule has 0 unspecified atom stereocenters. The number of aryl methyl sites for hydroxylation is 1. The normalized spacial score (nSPS) is 11.8. The summed E-state index contributed by atoms with van der Waals surface area (Å²) in [5.41, 5.74) is 6.39. The summed E-state index contributed by atoms with van der Waals surface area (Å²) in [5, 5.41) is 10.6. The largest absolute Gasteiger partial charge is 0.401 e. The molecule has 0 radical (unpaired) electrons. The molecular formula is C10H11N3OS2. The lowest BCUT2D eigenvalue weighted by molar-refractivity contribution is -0.117. The topological polar surface area (TPSA) is 79.8 Å². The fourth-order valence-electron chi connectivity index (χ4n) is 0.977. The van der Waals surface area contributed by atoms with Crippen LogP contribution in [0.25, 0.3) is 0 Å². The second-order valence-electron chi connectivity index (χ2n) is 3.15. The number of ketones is 1. The van der Waals surface area contributed by atoms with Crippen molar-refractivity contribution >= 4 is 28.9 Å². The van der Waals surface area contributed by atoms with Crippen molar-refractivity contribution in [2.75, 3.05) is 5.75 Å². The van der Waals surface area contributed by atoms with Crippen LogP contribution in [0.4, 0.5) is 0 Å². The Hall–Kier alpha value is -1.32. The Morgan fingerprint density at radius 2 is 2.56 bits per heavy atom. The maximum atomic E-state index is 11.6. The van der Waals surface area contributed by atoms with Crippen LogP contribution in [0.5, 0.6) is 0 Å². The monoisotopic (exact) mass is 253 g/mol. The summed E-state index contributed by atoms with van der Waals surface area (Å²) in [7, 11) is 0. The van der Waals surface area contributed by atoms with Crippen molar-refractivity contribution in [1.82, 2.24) is 4.98 Å². The minimum absolute atomic E-state index is 0.100. The van der Waals surface area contributed by atoms with E-state index in [2.05, 4.69) is 11.6 Å². The first-order valence-electron chi connectivity index (χ1n) is 4.46. The van der Waals surface area contributed by atoms with Gasteiger partial charge in [-0.3, -0.25) is 4.79 Å². The maximum absolute atomic E-state index is 11.6. The highest BCUT2D eigenvalue weighted by Crippen LogP contribution is 2.23. The van der Waals surface area contributed by atoms with E-state index >= 15 is 0 Å². The van der Waals surface area contributed by atoms with Crippen molar-refractivity contribution in [3.8, 4) is 6.07 Å². The number of carbonyl (C=O) groups is 1. The van der Waals surface area contributed by atoms with E-state index < -0.39 is 5.92 Å². The molecule has 0 saturated heterocycles. The predicted molar refractivity (Wildman–Crippen MR) is 65.0 cm³/mol. The molecule has 0 spiro atoms. The molecule has 4 nitrogen and oxygen atoms in total. The van der Waals surface area contributed by atoms with E-state index in [1.54, 1.807) is 0 Å². The number of nitrogens with two attached hydrogens (primary N) is 1. The van der Waals surface area contributed by atoms with Crippen LogP contribution in [0.2, 0.25) is 0 Å². The third-order valence-corrected chi connectivity index (χ3v) is 3.92. The number of thiazole rings is 1. The summed E-state index contributed by atoms with van der Waals surface area (Å²) in [6.45, 7) is 5.31. The number of allylic oxidation sites excluding steroid dienone is 1. The minimum atomic E-state index is -0.909. The average molecular weight is 253 g/mol. The number of rotatable bonds is 5. The van der Waals surface area contributed by atoms with Crippen molar-refractivity contribution < 1.29 is 4.79 Å². The highest BCUT2D eigenvalue weighted by Gasteiger charge is 2.19. The van der Waals surface area contributed by atoms with Gasteiger partial charge >= 0.3 is 0 Å². The molecule has 0 aliphatic rings. The molecule has 0 aliphatic heterocycles. The first kappa shape index (κ1) is 12.7. The minimum Gasteiger partial charge on any atom is -0.401 e. The zero-order valence-electron chi connectivity index (χ0n) is 8.77. The summed E-state index contributed by atoms with van der Waals surface area (Å²) >= 11 is 2.80. The lowest BCUT2D eigenvalue weighted by Gasteiger charge is -2.05. The van der Waals surface area contributed by atoms with E-state index in [1.807, 2.05) is 18.4 Å². The predicted octanol–water partition coefficient (Wildman–Crippen LogP) is 1.72. The lowest BCUT2D eigenvalue weighted by Crippen LogP contribution is -2.21. The first-order valence-corrected chi connectivity index (χ1v) is 6.32. The second-order valence-corrected chi connectivity index (χ2v) is 5.23. The molecule has 2 N–H and O–H groups in total. The van der Waals surface area contributed by atoms with Gasteiger partial charge in [0.25, 0.3) is 0 Å². The van der Waals surface area contributed by atoms with Gasteiger partial charge in [-0.15, -0.1) is 11.3 Å². The van der Waals surface area contributed by atoms with Gasteiger partial charge in [-0.2, -0.15) is 5.26 Å². The quantitative estimate of drug-likeness (QED) is 0.808.